The van der Waals surface area contributed by atoms with Crippen molar-refractivity contribution in [2.24, 2.45) is 0 Å². The molecule has 4 rings (SSSR count). The molecule has 0 aromatic carbocycles. The first-order valence-corrected chi connectivity index (χ1v) is 9.04. The van der Waals surface area contributed by atoms with Gasteiger partial charge in [0.2, 0.25) is 5.78 Å². The van der Waals surface area contributed by atoms with Gasteiger partial charge < -0.3 is 23.3 Å². The highest BCUT2D eigenvalue weighted by molar-refractivity contribution is 6.14. The predicted octanol–water partition coefficient (Wildman–Crippen LogP) is 3.35. The van der Waals surface area contributed by atoms with E-state index in [4.69, 9.17) is 13.3 Å². The van der Waals surface area contributed by atoms with Crippen LogP contribution < -0.4 is 0 Å². The Kier molecular flexibility index (Phi) is 4.85. The molecule has 8 heteroatoms. The van der Waals surface area contributed by atoms with E-state index in [2.05, 4.69) is 0 Å². The van der Waals surface area contributed by atoms with Gasteiger partial charge in [0, 0.05) is 6.54 Å². The van der Waals surface area contributed by atoms with Crippen LogP contribution in [-0.4, -0.2) is 47.2 Å². The smallest absolute Gasteiger partial charge is 0.290 e. The van der Waals surface area contributed by atoms with Crippen molar-refractivity contribution in [1.29, 1.82) is 0 Å². The fourth-order valence-corrected chi connectivity index (χ4v) is 3.53. The quantitative estimate of drug-likeness (QED) is 0.611. The molecule has 0 fully saturated rings. The molecule has 8 nitrogen and oxygen atoms in total. The Balaban J connectivity index is 1.74. The van der Waals surface area contributed by atoms with Gasteiger partial charge in [0.15, 0.2) is 11.5 Å². The minimum Gasteiger partial charge on any atom is -0.503 e. The van der Waals surface area contributed by atoms with E-state index >= 15 is 0 Å². The molecule has 4 heterocycles. The average Bonchev–Trinajstić information content (AvgIpc) is 3.49. The number of rotatable bonds is 7. The second-order valence-corrected chi connectivity index (χ2v) is 6.94. The minimum absolute atomic E-state index is 0.0351. The van der Waals surface area contributed by atoms with Crippen molar-refractivity contribution in [1.82, 2.24) is 9.80 Å². The minimum atomic E-state index is -0.882. The van der Waals surface area contributed by atoms with E-state index in [1.54, 1.807) is 30.5 Å². The van der Waals surface area contributed by atoms with Gasteiger partial charge in [-0.05, 0) is 50.5 Å². The summed E-state index contributed by atoms with van der Waals surface area (Å²) in [6.45, 7) is 0.170. The van der Waals surface area contributed by atoms with Crippen LogP contribution in [0.25, 0.3) is 0 Å². The number of aliphatic hydroxyl groups excluding tert-OH is 1. The Labute approximate surface area is 166 Å². The second-order valence-electron chi connectivity index (χ2n) is 6.94. The number of hydrogen-bond donors (Lipinski definition) is 1. The molecule has 0 bridgehead atoms. The number of amides is 1. The highest BCUT2D eigenvalue weighted by Crippen LogP contribution is 2.40. The van der Waals surface area contributed by atoms with E-state index in [1.165, 1.54) is 23.5 Å². The third-order valence-corrected chi connectivity index (χ3v) is 4.97. The van der Waals surface area contributed by atoms with Crippen molar-refractivity contribution < 1.29 is 27.9 Å². The molecule has 0 saturated carbocycles. The zero-order valence-electron chi connectivity index (χ0n) is 15.9. The third-order valence-electron chi connectivity index (χ3n) is 4.97. The Morgan fingerprint density at radius 3 is 2.38 bits per heavy atom. The van der Waals surface area contributed by atoms with Crippen LogP contribution in [0.1, 0.15) is 34.2 Å². The van der Waals surface area contributed by atoms with E-state index in [9.17, 15) is 14.7 Å². The van der Waals surface area contributed by atoms with Crippen LogP contribution in [0.5, 0.6) is 0 Å². The van der Waals surface area contributed by atoms with Crippen molar-refractivity contribution >= 4 is 11.7 Å². The third kappa shape index (κ3) is 3.27. The topological polar surface area (TPSA) is 100 Å². The van der Waals surface area contributed by atoms with Crippen molar-refractivity contribution in [3.8, 4) is 0 Å². The molecule has 1 N–H and O–H groups in total. The van der Waals surface area contributed by atoms with Gasteiger partial charge in [-0.3, -0.25) is 14.5 Å². The number of Topliss-reactive ketones (excluding diaryl/α,β-unsaturated/α-hetero) is 1. The predicted molar refractivity (Wildman–Crippen MR) is 101 cm³/mol. The Bertz CT molecular complexity index is 1020. The Morgan fingerprint density at radius 2 is 1.79 bits per heavy atom. The number of furan rings is 3. The number of nitrogens with zero attached hydrogens (tertiary/aromatic N) is 2. The number of carbonyl (C=O) groups excluding carboxylic acids is 2. The van der Waals surface area contributed by atoms with Gasteiger partial charge >= 0.3 is 0 Å². The molecular weight excluding hydrogens is 376 g/mol. The summed E-state index contributed by atoms with van der Waals surface area (Å²) in [6.07, 6.45) is 4.38. The van der Waals surface area contributed by atoms with E-state index < -0.39 is 23.5 Å². The van der Waals surface area contributed by atoms with E-state index in [1.807, 2.05) is 25.1 Å². The maximum atomic E-state index is 13.0. The maximum Gasteiger partial charge on any atom is 0.290 e. The van der Waals surface area contributed by atoms with Crippen LogP contribution in [0.15, 0.2) is 79.8 Å². The standard InChI is InChI=1S/C21H20N2O6/c1-22(2)13(14-6-3-9-27-14)12-23-18(15-7-4-10-28-15)17(20(25)21(23)26)19(24)16-8-5-11-29-16/h3-11,13,18,25H,12H2,1-2H3. The summed E-state index contributed by atoms with van der Waals surface area (Å²) in [6, 6.07) is 8.79. The molecule has 1 amide bonds. The van der Waals surface area contributed by atoms with Crippen LogP contribution in [0.2, 0.25) is 0 Å². The molecule has 0 saturated heterocycles. The molecule has 2 unspecified atom stereocenters. The molecule has 150 valence electrons. The first kappa shape index (κ1) is 18.8. The van der Waals surface area contributed by atoms with Gasteiger partial charge in [-0.15, -0.1) is 0 Å². The first-order valence-electron chi connectivity index (χ1n) is 9.04. The molecule has 0 aliphatic carbocycles. The van der Waals surface area contributed by atoms with Gasteiger partial charge in [0.05, 0.1) is 30.4 Å². The van der Waals surface area contributed by atoms with Crippen LogP contribution in [0.3, 0.4) is 0 Å². The van der Waals surface area contributed by atoms with Crippen molar-refractivity contribution in [3.63, 3.8) is 0 Å². The molecule has 1 aliphatic rings. The van der Waals surface area contributed by atoms with Crippen LogP contribution >= 0.6 is 0 Å². The summed E-state index contributed by atoms with van der Waals surface area (Å²) in [5.74, 6) is -0.762. The van der Waals surface area contributed by atoms with Gasteiger partial charge in [-0.1, -0.05) is 0 Å². The van der Waals surface area contributed by atoms with Crippen LogP contribution in [0.4, 0.5) is 0 Å². The Hall–Kier alpha value is -3.52. The summed E-state index contributed by atoms with van der Waals surface area (Å²) in [4.78, 5) is 29.3. The molecular formula is C21H20N2O6. The zero-order chi connectivity index (χ0) is 20.5. The van der Waals surface area contributed by atoms with Crippen LogP contribution in [0, 0.1) is 0 Å². The van der Waals surface area contributed by atoms with Gasteiger partial charge in [0.25, 0.3) is 5.91 Å². The number of aliphatic hydroxyl groups is 1. The summed E-state index contributed by atoms with van der Waals surface area (Å²) in [5, 5.41) is 10.6. The number of likely N-dealkylation sites (N-methyl/N-ethyl adjacent to an activating group) is 1. The molecule has 3 aromatic rings. The summed E-state index contributed by atoms with van der Waals surface area (Å²) in [7, 11) is 3.72. The van der Waals surface area contributed by atoms with E-state index in [-0.39, 0.29) is 23.9 Å². The fourth-order valence-electron chi connectivity index (χ4n) is 3.53. The SMILES string of the molecule is CN(C)C(CN1C(=O)C(O)=C(C(=O)c2ccco2)C1c1ccco1)c1ccco1. The van der Waals surface area contributed by atoms with Crippen molar-refractivity contribution in [3.05, 3.63) is 83.8 Å². The lowest BCUT2D eigenvalue weighted by molar-refractivity contribution is -0.130. The van der Waals surface area contributed by atoms with E-state index in [0.717, 1.165) is 0 Å². The lowest BCUT2D eigenvalue weighted by Gasteiger charge is -2.31. The average molecular weight is 396 g/mol. The zero-order valence-corrected chi connectivity index (χ0v) is 15.9. The highest BCUT2D eigenvalue weighted by Gasteiger charge is 2.46. The molecule has 29 heavy (non-hydrogen) atoms. The second kappa shape index (κ2) is 7.48. The molecule has 3 aromatic heterocycles. The summed E-state index contributed by atoms with van der Waals surface area (Å²) >= 11 is 0. The number of hydrogen-bond acceptors (Lipinski definition) is 7. The maximum absolute atomic E-state index is 13.0. The molecule has 0 spiro atoms. The number of carbonyl (C=O) groups is 2. The Morgan fingerprint density at radius 1 is 1.10 bits per heavy atom. The molecule has 0 radical (unpaired) electrons. The van der Waals surface area contributed by atoms with Crippen molar-refractivity contribution in [2.45, 2.75) is 12.1 Å². The highest BCUT2D eigenvalue weighted by atomic mass is 16.3. The summed E-state index contributed by atoms with van der Waals surface area (Å²) in [5.41, 5.74) is -0.0724. The lowest BCUT2D eigenvalue weighted by atomic mass is 9.99. The fraction of sp³-hybridized carbons (Fsp3) is 0.238. The van der Waals surface area contributed by atoms with Crippen molar-refractivity contribution in [2.75, 3.05) is 20.6 Å². The van der Waals surface area contributed by atoms with Crippen LogP contribution in [-0.2, 0) is 4.79 Å². The van der Waals surface area contributed by atoms with Gasteiger partial charge in [-0.25, -0.2) is 0 Å². The normalized spacial score (nSPS) is 18.1. The first-order chi connectivity index (χ1) is 14.0. The largest absolute Gasteiger partial charge is 0.503 e. The molecule has 1 aliphatic heterocycles. The lowest BCUT2D eigenvalue weighted by Crippen LogP contribution is -2.38. The monoisotopic (exact) mass is 396 g/mol. The van der Waals surface area contributed by atoms with Gasteiger partial charge in [0.1, 0.15) is 17.6 Å². The van der Waals surface area contributed by atoms with Gasteiger partial charge in [-0.2, -0.15) is 0 Å². The summed E-state index contributed by atoms with van der Waals surface area (Å²) < 4.78 is 16.2. The van der Waals surface area contributed by atoms with E-state index in [0.29, 0.717) is 11.5 Å². The number of ketones is 1. The molecule has 2 atom stereocenters.